The van der Waals surface area contributed by atoms with Crippen LogP contribution in [0.25, 0.3) is 0 Å². The molecule has 6 nitrogen and oxygen atoms in total. The monoisotopic (exact) mass is 259 g/mol. The van der Waals surface area contributed by atoms with Crippen molar-refractivity contribution in [2.24, 2.45) is 5.10 Å². The molecule has 0 bridgehead atoms. The number of benzene rings is 1. The van der Waals surface area contributed by atoms with Gasteiger partial charge in [0.2, 0.25) is 0 Å². The molecule has 1 aromatic rings. The molecular weight excluding hydrogens is 246 g/mol. The highest BCUT2D eigenvalue weighted by atomic mass is 16.6. The number of amides is 1. The molecule has 0 saturated heterocycles. The number of rotatable bonds is 2. The average Bonchev–Trinajstić information content (AvgIpc) is 2.65. The van der Waals surface area contributed by atoms with Crippen LogP contribution in [0.4, 0.5) is 11.4 Å². The van der Waals surface area contributed by atoms with E-state index >= 15 is 0 Å². The first-order valence-electron chi connectivity index (χ1n) is 5.74. The van der Waals surface area contributed by atoms with Gasteiger partial charge in [-0.1, -0.05) is 5.57 Å². The van der Waals surface area contributed by atoms with Crippen molar-refractivity contribution in [2.75, 3.05) is 5.01 Å². The third-order valence-electron chi connectivity index (χ3n) is 2.82. The summed E-state index contributed by atoms with van der Waals surface area (Å²) < 4.78 is 0. The van der Waals surface area contributed by atoms with Gasteiger partial charge in [-0.3, -0.25) is 14.9 Å². The number of carbonyl (C=O) groups excluding carboxylic acids is 1. The number of nitrogens with zero attached hydrogens (tertiary/aromatic N) is 3. The molecule has 6 heteroatoms. The molecule has 0 unspecified atom stereocenters. The van der Waals surface area contributed by atoms with Gasteiger partial charge in [-0.15, -0.1) is 0 Å². The minimum atomic E-state index is -0.481. The Kier molecular flexibility index (Phi) is 3.16. The maximum absolute atomic E-state index is 12.2. The van der Waals surface area contributed by atoms with E-state index in [0.29, 0.717) is 17.0 Å². The van der Waals surface area contributed by atoms with Gasteiger partial charge < -0.3 is 0 Å². The molecule has 0 spiro atoms. The van der Waals surface area contributed by atoms with Gasteiger partial charge in [-0.25, -0.2) is 0 Å². The van der Waals surface area contributed by atoms with E-state index < -0.39 is 4.92 Å². The van der Waals surface area contributed by atoms with Gasteiger partial charge in [0.25, 0.3) is 11.6 Å². The van der Waals surface area contributed by atoms with E-state index in [1.165, 1.54) is 29.3 Å². The molecule has 1 aliphatic heterocycles. The lowest BCUT2D eigenvalue weighted by atomic mass is 10.1. The SMILES string of the molecule is CC1=NN(c2ccc([N+](=O)[O-])cc2)C(=O)C1=C(C)C. The Hall–Kier alpha value is -2.50. The predicted octanol–water partition coefficient (Wildman–Crippen LogP) is 2.65. The standard InChI is InChI=1S/C13H13N3O3/c1-8(2)12-9(3)14-15(13(12)17)10-4-6-11(7-5-10)16(18)19/h4-7H,1-3H3. The molecule has 0 N–H and O–H groups in total. The van der Waals surface area contributed by atoms with E-state index in [9.17, 15) is 14.9 Å². The Labute approximate surface area is 110 Å². The van der Waals surface area contributed by atoms with Gasteiger partial charge in [0.15, 0.2) is 0 Å². The van der Waals surface area contributed by atoms with Crippen LogP contribution < -0.4 is 5.01 Å². The summed E-state index contributed by atoms with van der Waals surface area (Å²) in [5.74, 6) is -0.202. The summed E-state index contributed by atoms with van der Waals surface area (Å²) in [6.45, 7) is 5.48. The topological polar surface area (TPSA) is 75.8 Å². The first-order chi connectivity index (χ1) is 8.91. The van der Waals surface area contributed by atoms with Crippen LogP contribution in [0, 0.1) is 10.1 Å². The van der Waals surface area contributed by atoms with Crippen LogP contribution in [0.5, 0.6) is 0 Å². The molecular formula is C13H13N3O3. The zero-order chi connectivity index (χ0) is 14.2. The van der Waals surface area contributed by atoms with Gasteiger partial charge in [-0.05, 0) is 32.9 Å². The third-order valence-corrected chi connectivity index (χ3v) is 2.82. The Bertz CT molecular complexity index is 611. The minimum absolute atomic E-state index is 0.0152. The second kappa shape index (κ2) is 4.64. The number of non-ortho nitro benzene ring substituents is 1. The summed E-state index contributed by atoms with van der Waals surface area (Å²) in [4.78, 5) is 22.3. The van der Waals surface area contributed by atoms with Crippen molar-refractivity contribution >= 4 is 23.0 Å². The van der Waals surface area contributed by atoms with Crippen LogP contribution in [0.1, 0.15) is 20.8 Å². The first-order valence-corrected chi connectivity index (χ1v) is 5.74. The lowest BCUT2D eigenvalue weighted by Crippen LogP contribution is -2.21. The van der Waals surface area contributed by atoms with E-state index in [2.05, 4.69) is 5.10 Å². The number of allylic oxidation sites excluding steroid dienone is 1. The number of anilines is 1. The lowest BCUT2D eigenvalue weighted by molar-refractivity contribution is -0.384. The summed E-state index contributed by atoms with van der Waals surface area (Å²) >= 11 is 0. The van der Waals surface area contributed by atoms with Crippen LogP contribution in [-0.4, -0.2) is 16.5 Å². The molecule has 0 aromatic heterocycles. The van der Waals surface area contributed by atoms with Crippen LogP contribution >= 0.6 is 0 Å². The van der Waals surface area contributed by atoms with Crippen LogP contribution in [0.3, 0.4) is 0 Å². The van der Waals surface area contributed by atoms with E-state index in [4.69, 9.17) is 0 Å². The van der Waals surface area contributed by atoms with Crippen LogP contribution in [-0.2, 0) is 4.79 Å². The Morgan fingerprint density at radius 1 is 1.26 bits per heavy atom. The maximum atomic E-state index is 12.2. The fraction of sp³-hybridized carbons (Fsp3) is 0.231. The van der Waals surface area contributed by atoms with Crippen molar-refractivity contribution in [3.63, 3.8) is 0 Å². The fourth-order valence-corrected chi connectivity index (χ4v) is 1.97. The first kappa shape index (κ1) is 12.9. The van der Waals surface area contributed by atoms with Crippen LogP contribution in [0.2, 0.25) is 0 Å². The van der Waals surface area contributed by atoms with Crippen molar-refractivity contribution < 1.29 is 9.72 Å². The normalized spacial score (nSPS) is 14.7. The fourth-order valence-electron chi connectivity index (χ4n) is 1.97. The molecule has 19 heavy (non-hydrogen) atoms. The van der Waals surface area contributed by atoms with Crippen LogP contribution in [0.15, 0.2) is 40.5 Å². The zero-order valence-corrected chi connectivity index (χ0v) is 10.9. The third kappa shape index (κ3) is 2.24. The highest BCUT2D eigenvalue weighted by Gasteiger charge is 2.29. The molecule has 0 aliphatic carbocycles. The van der Waals surface area contributed by atoms with Crippen molar-refractivity contribution in [3.05, 3.63) is 45.5 Å². The van der Waals surface area contributed by atoms with Gasteiger partial charge >= 0.3 is 0 Å². The molecule has 0 fully saturated rings. The second-order valence-corrected chi connectivity index (χ2v) is 4.45. The highest BCUT2D eigenvalue weighted by Crippen LogP contribution is 2.26. The molecule has 0 radical (unpaired) electrons. The minimum Gasteiger partial charge on any atom is -0.267 e. The number of hydrogen-bond donors (Lipinski definition) is 0. The smallest absolute Gasteiger partial charge is 0.267 e. The lowest BCUT2D eigenvalue weighted by Gasteiger charge is -2.11. The Morgan fingerprint density at radius 3 is 2.26 bits per heavy atom. The number of hydrazone groups is 1. The van der Waals surface area contributed by atoms with Crippen molar-refractivity contribution in [1.82, 2.24) is 0 Å². The van der Waals surface area contributed by atoms with Gasteiger partial charge in [0, 0.05) is 12.1 Å². The Morgan fingerprint density at radius 2 is 1.84 bits per heavy atom. The van der Waals surface area contributed by atoms with E-state index in [1.54, 1.807) is 6.92 Å². The van der Waals surface area contributed by atoms with Crippen molar-refractivity contribution in [1.29, 1.82) is 0 Å². The maximum Gasteiger partial charge on any atom is 0.280 e. The number of hydrogen-bond acceptors (Lipinski definition) is 4. The van der Waals surface area contributed by atoms with Gasteiger partial charge in [0.1, 0.15) is 0 Å². The molecule has 0 atom stereocenters. The quantitative estimate of drug-likeness (QED) is 0.465. The van der Waals surface area contributed by atoms with E-state index in [-0.39, 0.29) is 11.6 Å². The van der Waals surface area contributed by atoms with E-state index in [1.807, 2.05) is 13.8 Å². The largest absolute Gasteiger partial charge is 0.280 e. The van der Waals surface area contributed by atoms with Crippen molar-refractivity contribution in [2.45, 2.75) is 20.8 Å². The summed E-state index contributed by atoms with van der Waals surface area (Å²) in [6.07, 6.45) is 0. The number of carbonyl (C=O) groups is 1. The zero-order valence-electron chi connectivity index (χ0n) is 10.9. The van der Waals surface area contributed by atoms with Crippen molar-refractivity contribution in [3.8, 4) is 0 Å². The Balaban J connectivity index is 2.37. The number of nitro groups is 1. The molecule has 1 amide bonds. The summed E-state index contributed by atoms with van der Waals surface area (Å²) in [5.41, 5.74) is 2.65. The molecule has 1 heterocycles. The summed E-state index contributed by atoms with van der Waals surface area (Å²) in [7, 11) is 0. The van der Waals surface area contributed by atoms with Gasteiger partial charge in [0.05, 0.1) is 21.9 Å². The summed E-state index contributed by atoms with van der Waals surface area (Å²) in [6, 6.07) is 5.74. The molecule has 0 saturated carbocycles. The molecule has 2 rings (SSSR count). The molecule has 98 valence electrons. The second-order valence-electron chi connectivity index (χ2n) is 4.45. The summed E-state index contributed by atoms with van der Waals surface area (Å²) in [5, 5.41) is 16.0. The predicted molar refractivity (Wildman–Crippen MR) is 72.1 cm³/mol. The highest BCUT2D eigenvalue weighted by molar-refractivity contribution is 6.30. The van der Waals surface area contributed by atoms with E-state index in [0.717, 1.165) is 5.57 Å². The molecule has 1 aliphatic rings. The average molecular weight is 259 g/mol. The molecule has 1 aromatic carbocycles. The van der Waals surface area contributed by atoms with Gasteiger partial charge in [-0.2, -0.15) is 10.1 Å². The number of nitro benzene ring substituents is 1.